The highest BCUT2D eigenvalue weighted by Gasteiger charge is 2.37. The van der Waals surface area contributed by atoms with E-state index < -0.39 is 0 Å². The number of rotatable bonds is 6. The third-order valence-corrected chi connectivity index (χ3v) is 8.56. The number of aryl methyl sites for hydroxylation is 2. The molecule has 208 valence electrons. The van der Waals surface area contributed by atoms with Crippen molar-refractivity contribution < 1.29 is 9.53 Å². The Labute approximate surface area is 243 Å². The van der Waals surface area contributed by atoms with E-state index in [2.05, 4.69) is 37.4 Å². The average Bonchev–Trinajstić information content (AvgIpc) is 2.95. The third kappa shape index (κ3) is 7.78. The number of likely N-dealkylation sites (N-methyl/N-ethyl adjacent to an activating group) is 1. The van der Waals surface area contributed by atoms with Gasteiger partial charge in [0.1, 0.15) is 11.4 Å². The van der Waals surface area contributed by atoms with Crippen LogP contribution >= 0.6 is 23.2 Å². The predicted octanol–water partition coefficient (Wildman–Crippen LogP) is 8.09. The van der Waals surface area contributed by atoms with Crippen molar-refractivity contribution in [1.29, 1.82) is 0 Å². The summed E-state index contributed by atoms with van der Waals surface area (Å²) in [5, 5.41) is 4.52. The summed E-state index contributed by atoms with van der Waals surface area (Å²) in [5.41, 5.74) is 4.69. The molecule has 3 aromatic carbocycles. The minimum atomic E-state index is 0.0340. The Hall–Kier alpha value is -2.53. The summed E-state index contributed by atoms with van der Waals surface area (Å²) in [5.74, 6) is 1.40. The molecule has 0 radical (unpaired) electrons. The summed E-state index contributed by atoms with van der Waals surface area (Å²) in [6.07, 6.45) is 6.70. The Morgan fingerprint density at radius 3 is 2.44 bits per heavy atom. The number of hydrogen-bond donors (Lipinski definition) is 1. The molecular formula is C33H40Cl2N2O2. The van der Waals surface area contributed by atoms with Crippen LogP contribution in [0.1, 0.15) is 72.0 Å². The van der Waals surface area contributed by atoms with Crippen LogP contribution in [-0.4, -0.2) is 43.1 Å². The van der Waals surface area contributed by atoms with Crippen LogP contribution in [0.25, 0.3) is 0 Å². The van der Waals surface area contributed by atoms with E-state index in [0.717, 1.165) is 50.1 Å². The molecule has 6 heteroatoms. The van der Waals surface area contributed by atoms with Crippen LogP contribution in [-0.2, 0) is 6.42 Å². The number of nitrogens with one attached hydrogen (secondary N) is 1. The van der Waals surface area contributed by atoms with Crippen LogP contribution in [0.4, 0.5) is 0 Å². The van der Waals surface area contributed by atoms with Crippen molar-refractivity contribution in [2.24, 2.45) is 0 Å². The Morgan fingerprint density at radius 1 is 1.00 bits per heavy atom. The van der Waals surface area contributed by atoms with E-state index in [1.807, 2.05) is 55.6 Å². The molecule has 1 amide bonds. The topological polar surface area (TPSA) is 41.6 Å². The average molecular weight is 568 g/mol. The second-order valence-electron chi connectivity index (χ2n) is 10.9. The Morgan fingerprint density at radius 2 is 1.74 bits per heavy atom. The van der Waals surface area contributed by atoms with E-state index in [4.69, 9.17) is 27.9 Å². The molecule has 0 aromatic heterocycles. The van der Waals surface area contributed by atoms with Gasteiger partial charge in [-0.3, -0.25) is 4.79 Å². The molecule has 4 nitrogen and oxygen atoms in total. The summed E-state index contributed by atoms with van der Waals surface area (Å²) in [7, 11) is 1.84. The van der Waals surface area contributed by atoms with Crippen molar-refractivity contribution in [3.05, 3.63) is 99.0 Å². The zero-order valence-electron chi connectivity index (χ0n) is 23.3. The molecule has 1 unspecified atom stereocenters. The molecule has 0 saturated carbocycles. The molecule has 1 spiro atoms. The van der Waals surface area contributed by atoms with Gasteiger partial charge in [-0.05, 0) is 93.6 Å². The zero-order valence-corrected chi connectivity index (χ0v) is 24.8. The van der Waals surface area contributed by atoms with Crippen molar-refractivity contribution in [2.45, 2.75) is 63.9 Å². The van der Waals surface area contributed by atoms with E-state index in [9.17, 15) is 4.79 Å². The molecule has 1 saturated heterocycles. The van der Waals surface area contributed by atoms with Gasteiger partial charge in [0.05, 0.1) is 10.0 Å². The van der Waals surface area contributed by atoms with Gasteiger partial charge < -0.3 is 15.0 Å². The summed E-state index contributed by atoms with van der Waals surface area (Å²) < 4.78 is 6.28. The van der Waals surface area contributed by atoms with E-state index >= 15 is 0 Å². The molecule has 1 fully saturated rings. The second kappa shape index (κ2) is 13.7. The number of benzene rings is 3. The minimum absolute atomic E-state index is 0.0340. The van der Waals surface area contributed by atoms with Crippen molar-refractivity contribution in [2.75, 3.05) is 26.7 Å². The quantitative estimate of drug-likeness (QED) is 0.327. The Balaban J connectivity index is 0.000000192. The number of halogens is 2. The summed E-state index contributed by atoms with van der Waals surface area (Å²) in [6.45, 7) is 7.14. The minimum Gasteiger partial charge on any atom is -0.487 e. The standard InChI is InChI=1S/C19H21Cl2NO.C14H19NO/c1-3-7-16(15-10-11-17(20)18(21)12-15)13-22(2)19(23)14-8-5-4-6-9-14;1-11-2-3-13-12(10-11)4-5-14(16-13)6-8-15-9-7-14/h4-6,8-12,16H,3,7,13H2,1-2H3;2-3,10,15H,4-9H2,1H3. The first-order valence-electron chi connectivity index (χ1n) is 14.0. The van der Waals surface area contributed by atoms with Gasteiger partial charge in [0.15, 0.2) is 0 Å². The van der Waals surface area contributed by atoms with Gasteiger partial charge in [0.2, 0.25) is 0 Å². The number of carbonyl (C=O) groups excluding carboxylic acids is 1. The van der Waals surface area contributed by atoms with Gasteiger partial charge in [0.25, 0.3) is 5.91 Å². The van der Waals surface area contributed by atoms with Gasteiger partial charge in [-0.15, -0.1) is 0 Å². The summed E-state index contributed by atoms with van der Waals surface area (Å²) >= 11 is 12.1. The highest BCUT2D eigenvalue weighted by atomic mass is 35.5. The first-order valence-corrected chi connectivity index (χ1v) is 14.8. The summed E-state index contributed by atoms with van der Waals surface area (Å²) in [4.78, 5) is 14.3. The Bertz CT molecular complexity index is 1240. The zero-order chi connectivity index (χ0) is 27.8. The highest BCUT2D eigenvalue weighted by molar-refractivity contribution is 6.42. The molecule has 5 rings (SSSR count). The fourth-order valence-corrected chi connectivity index (χ4v) is 5.88. The van der Waals surface area contributed by atoms with Crippen LogP contribution in [0, 0.1) is 6.92 Å². The lowest BCUT2D eigenvalue weighted by Gasteiger charge is -2.41. The van der Waals surface area contributed by atoms with E-state index in [1.54, 1.807) is 4.90 Å². The number of hydrogen-bond acceptors (Lipinski definition) is 3. The van der Waals surface area contributed by atoms with Gasteiger partial charge in [-0.2, -0.15) is 0 Å². The van der Waals surface area contributed by atoms with Crippen LogP contribution in [0.5, 0.6) is 5.75 Å². The number of amides is 1. The fourth-order valence-electron chi connectivity index (χ4n) is 5.58. The van der Waals surface area contributed by atoms with Crippen molar-refractivity contribution >= 4 is 29.1 Å². The van der Waals surface area contributed by atoms with Gasteiger partial charge in [0, 0.05) is 25.1 Å². The maximum Gasteiger partial charge on any atom is 0.253 e. The largest absolute Gasteiger partial charge is 0.487 e. The normalized spacial score (nSPS) is 16.3. The lowest BCUT2D eigenvalue weighted by Crippen LogP contribution is -2.48. The number of carbonyl (C=O) groups is 1. The first kappa shape index (κ1) is 29.5. The van der Waals surface area contributed by atoms with Crippen LogP contribution in [0.15, 0.2) is 66.7 Å². The molecule has 1 N–H and O–H groups in total. The molecule has 0 bridgehead atoms. The van der Waals surface area contributed by atoms with Crippen LogP contribution < -0.4 is 10.1 Å². The molecule has 0 aliphatic carbocycles. The van der Waals surface area contributed by atoms with Gasteiger partial charge in [-0.25, -0.2) is 0 Å². The van der Waals surface area contributed by atoms with Crippen LogP contribution in [0.3, 0.4) is 0 Å². The Kier molecular flexibility index (Phi) is 10.3. The number of nitrogens with zero attached hydrogens (tertiary/aromatic N) is 1. The van der Waals surface area contributed by atoms with Gasteiger partial charge in [-0.1, -0.05) is 78.5 Å². The molecule has 2 aliphatic rings. The van der Waals surface area contributed by atoms with E-state index in [-0.39, 0.29) is 17.4 Å². The monoisotopic (exact) mass is 566 g/mol. The van der Waals surface area contributed by atoms with Crippen molar-refractivity contribution in [3.8, 4) is 5.75 Å². The number of fused-ring (bicyclic) bond motifs is 1. The molecule has 2 aliphatic heterocycles. The smallest absolute Gasteiger partial charge is 0.253 e. The third-order valence-electron chi connectivity index (χ3n) is 7.82. The SMILES string of the molecule is CCCC(CN(C)C(=O)c1ccccc1)c1ccc(Cl)c(Cl)c1.Cc1ccc2c(c1)CCC1(CCNCC1)O2. The predicted molar refractivity (Wildman–Crippen MR) is 162 cm³/mol. The second-order valence-corrected chi connectivity index (χ2v) is 11.7. The molecule has 39 heavy (non-hydrogen) atoms. The van der Waals surface area contributed by atoms with E-state index in [0.29, 0.717) is 22.2 Å². The van der Waals surface area contributed by atoms with Crippen LogP contribution in [0.2, 0.25) is 10.0 Å². The lowest BCUT2D eigenvalue weighted by molar-refractivity contribution is 0.0170. The van der Waals surface area contributed by atoms with Crippen molar-refractivity contribution in [3.63, 3.8) is 0 Å². The first-order chi connectivity index (χ1) is 18.8. The van der Waals surface area contributed by atoms with Gasteiger partial charge >= 0.3 is 0 Å². The van der Waals surface area contributed by atoms with E-state index in [1.165, 1.54) is 24.0 Å². The fraction of sp³-hybridized carbons (Fsp3) is 0.424. The van der Waals surface area contributed by atoms with Crippen molar-refractivity contribution in [1.82, 2.24) is 10.2 Å². The maximum atomic E-state index is 12.5. The highest BCUT2D eigenvalue weighted by Crippen LogP contribution is 2.38. The molecule has 2 heterocycles. The number of piperidine rings is 1. The molecule has 3 aromatic rings. The molecule has 1 atom stereocenters. The lowest BCUT2D eigenvalue weighted by atomic mass is 9.83. The molecular weight excluding hydrogens is 527 g/mol. The maximum absolute atomic E-state index is 12.5. The number of ether oxygens (including phenoxy) is 1. The summed E-state index contributed by atoms with van der Waals surface area (Å²) in [6, 6.07) is 21.6.